The molecule has 0 N–H and O–H groups in total. The topological polar surface area (TPSA) is 66.7 Å². The molecular formula is C23H30ClN4O3S+. The van der Waals surface area contributed by atoms with Crippen LogP contribution in [0, 0.1) is 11.8 Å². The first-order valence-corrected chi connectivity index (χ1v) is 12.6. The number of quaternary nitrogens is 1. The van der Waals surface area contributed by atoms with Crippen LogP contribution in [0.15, 0.2) is 22.7 Å². The number of carbonyl (C=O) groups excluding carboxylic acids is 2. The van der Waals surface area contributed by atoms with E-state index in [4.69, 9.17) is 16.1 Å². The molecule has 5 rings (SSSR count). The Morgan fingerprint density at radius 3 is 2.69 bits per heavy atom. The zero-order chi connectivity index (χ0) is 22.6. The van der Waals surface area contributed by atoms with Gasteiger partial charge in [0.25, 0.3) is 0 Å². The summed E-state index contributed by atoms with van der Waals surface area (Å²) in [5.41, 5.74) is 0.747. The molecule has 3 saturated heterocycles. The second-order valence-electron chi connectivity index (χ2n) is 10.2. The van der Waals surface area contributed by atoms with Crippen molar-refractivity contribution in [1.29, 1.82) is 0 Å². The van der Waals surface area contributed by atoms with Gasteiger partial charge in [-0.05, 0) is 44.4 Å². The molecule has 2 aromatic heterocycles. The molecule has 9 heteroatoms. The number of amides is 2. The molecule has 4 atom stereocenters. The second-order valence-corrected chi connectivity index (χ2v) is 11.9. The first-order valence-electron chi connectivity index (χ1n) is 11.4. The number of imide groups is 1. The quantitative estimate of drug-likeness (QED) is 0.346. The fourth-order valence-electron chi connectivity index (χ4n) is 5.68. The molecule has 2 amide bonds. The first-order chi connectivity index (χ1) is 15.2. The maximum atomic E-state index is 13.5. The Morgan fingerprint density at radius 1 is 1.19 bits per heavy atom. The molecule has 3 aliphatic heterocycles. The van der Waals surface area contributed by atoms with E-state index in [0.717, 1.165) is 53.8 Å². The smallest absolute Gasteiger partial charge is 0.235 e. The Balaban J connectivity index is 1.37. The van der Waals surface area contributed by atoms with Crippen molar-refractivity contribution in [2.75, 3.05) is 40.8 Å². The maximum Gasteiger partial charge on any atom is 0.235 e. The predicted molar refractivity (Wildman–Crippen MR) is 123 cm³/mol. The summed E-state index contributed by atoms with van der Waals surface area (Å²) in [6.07, 6.45) is 3.83. The monoisotopic (exact) mass is 477 g/mol. The summed E-state index contributed by atoms with van der Waals surface area (Å²) < 4.78 is 7.21. The minimum atomic E-state index is -0.365. The molecule has 3 aliphatic rings. The van der Waals surface area contributed by atoms with Gasteiger partial charge in [0.15, 0.2) is 5.76 Å². The van der Waals surface area contributed by atoms with E-state index in [1.165, 1.54) is 16.2 Å². The van der Waals surface area contributed by atoms with Crippen LogP contribution in [0.3, 0.4) is 0 Å². The van der Waals surface area contributed by atoms with Gasteiger partial charge in [-0.15, -0.1) is 11.3 Å². The van der Waals surface area contributed by atoms with E-state index in [1.54, 1.807) is 0 Å². The Labute approximate surface area is 197 Å². The fraction of sp³-hybridized carbons (Fsp3) is 0.609. The van der Waals surface area contributed by atoms with Crippen LogP contribution in [0.25, 0.3) is 10.6 Å². The largest absolute Gasteiger partial charge is 0.355 e. The number of halogens is 1. The van der Waals surface area contributed by atoms with Crippen LogP contribution >= 0.6 is 22.9 Å². The highest BCUT2D eigenvalue weighted by Crippen LogP contribution is 2.53. The van der Waals surface area contributed by atoms with Gasteiger partial charge in [-0.3, -0.25) is 19.4 Å². The van der Waals surface area contributed by atoms with Gasteiger partial charge in [0.2, 0.25) is 11.8 Å². The minimum absolute atomic E-state index is 0.0124. The number of thiophene rings is 1. The van der Waals surface area contributed by atoms with Crippen molar-refractivity contribution in [2.45, 2.75) is 37.8 Å². The highest BCUT2D eigenvalue weighted by Gasteiger charge is 2.63. The average molecular weight is 478 g/mol. The fourth-order valence-corrected chi connectivity index (χ4v) is 6.68. The van der Waals surface area contributed by atoms with Crippen LogP contribution in [0.1, 0.15) is 37.4 Å². The van der Waals surface area contributed by atoms with Crippen molar-refractivity contribution >= 4 is 34.8 Å². The van der Waals surface area contributed by atoms with Gasteiger partial charge < -0.3 is 9.01 Å². The highest BCUT2D eigenvalue weighted by atomic mass is 35.5. The number of hydrogen-bond donors (Lipinski definition) is 0. The summed E-state index contributed by atoms with van der Waals surface area (Å²) in [4.78, 5) is 31.6. The Morgan fingerprint density at radius 2 is 1.97 bits per heavy atom. The van der Waals surface area contributed by atoms with Gasteiger partial charge in [0.1, 0.15) is 5.69 Å². The molecule has 0 aliphatic carbocycles. The molecular weight excluding hydrogens is 448 g/mol. The standard InChI is InChI=1S/C23H30ClN4O3S/c1-28(2,3)12-5-4-10-27-22(29)19-15-7-6-11-26(15)21(20(19)23(27)30)14-13-16(31-25-14)17-8-9-18(24)32-17/h8-9,13,15,19-21H,4-7,10-12H2,1-3H3/q+1/t15-,19-,20-,21-/m0/s1. The summed E-state index contributed by atoms with van der Waals surface area (Å²) in [6.45, 7) is 2.43. The summed E-state index contributed by atoms with van der Waals surface area (Å²) in [6, 6.07) is 5.59. The molecule has 5 heterocycles. The van der Waals surface area contributed by atoms with Crippen LogP contribution in [-0.4, -0.2) is 78.1 Å². The molecule has 0 spiro atoms. The molecule has 0 aromatic carbocycles. The number of aromatic nitrogens is 1. The zero-order valence-electron chi connectivity index (χ0n) is 18.8. The Kier molecular flexibility index (Phi) is 5.68. The van der Waals surface area contributed by atoms with Gasteiger partial charge in [0, 0.05) is 18.7 Å². The lowest BCUT2D eigenvalue weighted by Gasteiger charge is -2.27. The third kappa shape index (κ3) is 3.81. The van der Waals surface area contributed by atoms with Gasteiger partial charge in [-0.2, -0.15) is 0 Å². The lowest BCUT2D eigenvalue weighted by atomic mass is 9.86. The number of carbonyl (C=O) groups is 2. The van der Waals surface area contributed by atoms with Crippen LogP contribution < -0.4 is 0 Å². The van der Waals surface area contributed by atoms with E-state index in [9.17, 15) is 9.59 Å². The maximum absolute atomic E-state index is 13.5. The van der Waals surface area contributed by atoms with Crippen molar-refractivity contribution in [2.24, 2.45) is 11.8 Å². The molecule has 172 valence electrons. The number of unbranched alkanes of at least 4 members (excludes halogenated alkanes) is 1. The molecule has 32 heavy (non-hydrogen) atoms. The number of fused-ring (bicyclic) bond motifs is 3. The lowest BCUT2D eigenvalue weighted by Crippen LogP contribution is -2.40. The lowest BCUT2D eigenvalue weighted by molar-refractivity contribution is -0.870. The van der Waals surface area contributed by atoms with Crippen molar-refractivity contribution in [3.05, 3.63) is 28.2 Å². The van der Waals surface area contributed by atoms with E-state index >= 15 is 0 Å². The molecule has 0 saturated carbocycles. The van der Waals surface area contributed by atoms with Crippen LogP contribution in [0.4, 0.5) is 0 Å². The highest BCUT2D eigenvalue weighted by molar-refractivity contribution is 7.19. The third-order valence-electron chi connectivity index (χ3n) is 7.05. The average Bonchev–Trinajstić information content (AvgIpc) is 3.50. The zero-order valence-corrected chi connectivity index (χ0v) is 20.4. The first kappa shape index (κ1) is 22.1. The third-order valence-corrected chi connectivity index (χ3v) is 8.30. The van der Waals surface area contributed by atoms with E-state index in [2.05, 4.69) is 31.2 Å². The summed E-state index contributed by atoms with van der Waals surface area (Å²) in [5.74, 6) is 0.0117. The van der Waals surface area contributed by atoms with Crippen molar-refractivity contribution in [3.63, 3.8) is 0 Å². The molecule has 0 radical (unpaired) electrons. The van der Waals surface area contributed by atoms with Gasteiger partial charge >= 0.3 is 0 Å². The van der Waals surface area contributed by atoms with Crippen LogP contribution in [0.5, 0.6) is 0 Å². The molecule has 0 bridgehead atoms. The van der Waals surface area contributed by atoms with Gasteiger partial charge in [0.05, 0.1) is 54.8 Å². The van der Waals surface area contributed by atoms with Crippen molar-refractivity contribution < 1.29 is 18.6 Å². The van der Waals surface area contributed by atoms with Crippen molar-refractivity contribution in [3.8, 4) is 10.6 Å². The Bertz CT molecular complexity index is 1030. The van der Waals surface area contributed by atoms with Crippen LogP contribution in [0.2, 0.25) is 4.34 Å². The number of likely N-dealkylation sites (tertiary alicyclic amines) is 1. The Hall–Kier alpha value is -1.74. The molecule has 3 fully saturated rings. The molecule has 2 aromatic rings. The van der Waals surface area contributed by atoms with Crippen LogP contribution in [-0.2, 0) is 9.59 Å². The second kappa shape index (κ2) is 8.24. The summed E-state index contributed by atoms with van der Waals surface area (Å²) in [5, 5.41) is 4.35. The normalized spacial score (nSPS) is 28.1. The number of hydrogen-bond acceptors (Lipinski definition) is 6. The van der Waals surface area contributed by atoms with E-state index in [0.29, 0.717) is 16.6 Å². The molecule has 7 nitrogen and oxygen atoms in total. The van der Waals surface area contributed by atoms with E-state index in [1.807, 2.05) is 18.2 Å². The van der Waals surface area contributed by atoms with Crippen molar-refractivity contribution in [1.82, 2.24) is 15.0 Å². The number of rotatable bonds is 7. The van der Waals surface area contributed by atoms with Gasteiger partial charge in [-0.1, -0.05) is 16.8 Å². The van der Waals surface area contributed by atoms with E-state index in [-0.39, 0.29) is 35.7 Å². The predicted octanol–water partition coefficient (Wildman–Crippen LogP) is 3.66. The SMILES string of the molecule is C[N+](C)(C)CCCCN1C(=O)[C@@H]2[C@H](C1=O)[C@H](c1cc(-c3ccc(Cl)s3)on1)N1CCC[C@@H]21. The van der Waals surface area contributed by atoms with E-state index < -0.39 is 0 Å². The summed E-state index contributed by atoms with van der Waals surface area (Å²) >= 11 is 7.52. The van der Waals surface area contributed by atoms with Gasteiger partial charge in [-0.25, -0.2) is 0 Å². The number of nitrogens with zero attached hydrogens (tertiary/aromatic N) is 4. The minimum Gasteiger partial charge on any atom is -0.355 e. The molecule has 0 unspecified atom stereocenters. The summed E-state index contributed by atoms with van der Waals surface area (Å²) in [7, 11) is 6.48.